The van der Waals surface area contributed by atoms with Crippen molar-refractivity contribution in [2.75, 3.05) is 11.9 Å². The molecule has 4 rings (SSSR count). The second-order valence-corrected chi connectivity index (χ2v) is 7.81. The number of rotatable bonds is 6. The van der Waals surface area contributed by atoms with Crippen LogP contribution in [-0.4, -0.2) is 29.3 Å². The summed E-state index contributed by atoms with van der Waals surface area (Å²) in [6.45, 7) is 4.91. The zero-order chi connectivity index (χ0) is 19.0. The first-order chi connectivity index (χ1) is 13.0. The number of benzene rings is 2. The Bertz CT molecular complexity index is 856. The Labute approximate surface area is 159 Å². The van der Waals surface area contributed by atoms with Crippen LogP contribution in [0.15, 0.2) is 48.5 Å². The summed E-state index contributed by atoms with van der Waals surface area (Å²) in [6, 6.07) is 15.6. The molecule has 1 aliphatic carbocycles. The van der Waals surface area contributed by atoms with Gasteiger partial charge in [0.25, 0.3) is 11.8 Å². The van der Waals surface area contributed by atoms with Gasteiger partial charge in [-0.25, -0.2) is 0 Å². The first kappa shape index (κ1) is 17.6. The number of hydrogen-bond acceptors (Lipinski definition) is 3. The van der Waals surface area contributed by atoms with E-state index in [0.29, 0.717) is 24.1 Å². The van der Waals surface area contributed by atoms with Crippen LogP contribution in [0.1, 0.15) is 59.1 Å². The lowest BCUT2D eigenvalue weighted by molar-refractivity contribution is 0.0720. The van der Waals surface area contributed by atoms with Crippen LogP contribution in [0.25, 0.3) is 0 Å². The van der Waals surface area contributed by atoms with Crippen LogP contribution in [-0.2, 0) is 0 Å². The maximum Gasteiger partial charge on any atom is 0.256 e. The average Bonchev–Trinajstić information content (AvgIpc) is 3.44. The van der Waals surface area contributed by atoms with E-state index in [1.54, 1.807) is 0 Å². The molecule has 2 amide bonds. The summed E-state index contributed by atoms with van der Waals surface area (Å²) in [6.07, 6.45) is 1.96. The summed E-state index contributed by atoms with van der Waals surface area (Å²) in [5.41, 5.74) is 3.31. The minimum atomic E-state index is -0.192. The van der Waals surface area contributed by atoms with Gasteiger partial charge in [0.05, 0.1) is 0 Å². The third kappa shape index (κ3) is 3.68. The lowest BCUT2D eigenvalue weighted by atomic mass is 10.1. The minimum Gasteiger partial charge on any atom is -0.361 e. The number of anilines is 1. The molecule has 1 aliphatic heterocycles. The summed E-state index contributed by atoms with van der Waals surface area (Å²) >= 11 is 0. The van der Waals surface area contributed by atoms with E-state index >= 15 is 0 Å². The van der Waals surface area contributed by atoms with Crippen LogP contribution >= 0.6 is 0 Å². The van der Waals surface area contributed by atoms with Gasteiger partial charge in [0.2, 0.25) is 0 Å². The number of fused-ring (bicyclic) bond motifs is 1. The summed E-state index contributed by atoms with van der Waals surface area (Å²) in [4.78, 5) is 26.9. The van der Waals surface area contributed by atoms with Crippen molar-refractivity contribution >= 4 is 17.5 Å². The van der Waals surface area contributed by atoms with Crippen LogP contribution in [0.4, 0.5) is 5.69 Å². The van der Waals surface area contributed by atoms with E-state index in [1.165, 1.54) is 0 Å². The zero-order valence-corrected chi connectivity index (χ0v) is 15.7. The molecule has 5 nitrogen and oxygen atoms in total. The number of carbonyl (C=O) groups is 2. The van der Waals surface area contributed by atoms with E-state index in [-0.39, 0.29) is 18.0 Å². The van der Waals surface area contributed by atoms with E-state index in [0.717, 1.165) is 29.7 Å². The molecule has 1 heterocycles. The molecule has 1 saturated carbocycles. The molecular weight excluding hydrogens is 338 g/mol. The Balaban J connectivity index is 1.54. The molecule has 2 N–H and O–H groups in total. The monoisotopic (exact) mass is 363 g/mol. The summed E-state index contributed by atoms with van der Waals surface area (Å²) in [5.74, 6) is 0.421. The molecule has 0 unspecified atom stereocenters. The fourth-order valence-electron chi connectivity index (χ4n) is 3.48. The number of amides is 2. The molecule has 0 radical (unpaired) electrons. The standard InChI is InChI=1S/C22H25N3O2/c1-14(2)13-25-20(18-5-3-4-6-19(18)22(25)27)23-16-9-7-15(8-10-16)21(26)24-17-11-12-17/h3-10,14,17,20,23H,11-13H2,1-2H3,(H,24,26)/t20-/m0/s1. The van der Waals surface area contributed by atoms with E-state index in [9.17, 15) is 9.59 Å². The van der Waals surface area contributed by atoms with E-state index in [4.69, 9.17) is 0 Å². The molecule has 1 fully saturated rings. The van der Waals surface area contributed by atoms with Crippen molar-refractivity contribution in [1.82, 2.24) is 10.2 Å². The highest BCUT2D eigenvalue weighted by Gasteiger charge is 2.36. The van der Waals surface area contributed by atoms with E-state index in [1.807, 2.05) is 53.4 Å². The molecule has 0 aromatic heterocycles. The Morgan fingerprint density at radius 2 is 1.81 bits per heavy atom. The van der Waals surface area contributed by atoms with Crippen molar-refractivity contribution in [3.05, 3.63) is 65.2 Å². The van der Waals surface area contributed by atoms with Gasteiger partial charge in [-0.1, -0.05) is 32.0 Å². The Hall–Kier alpha value is -2.82. The van der Waals surface area contributed by atoms with Gasteiger partial charge in [-0.05, 0) is 49.1 Å². The van der Waals surface area contributed by atoms with Crippen molar-refractivity contribution in [2.24, 2.45) is 5.92 Å². The lowest BCUT2D eigenvalue weighted by Gasteiger charge is -2.28. The fraction of sp³-hybridized carbons (Fsp3) is 0.364. The molecule has 2 aliphatic rings. The molecule has 27 heavy (non-hydrogen) atoms. The van der Waals surface area contributed by atoms with Crippen LogP contribution < -0.4 is 10.6 Å². The van der Waals surface area contributed by atoms with Crippen molar-refractivity contribution in [3.8, 4) is 0 Å². The average molecular weight is 363 g/mol. The minimum absolute atomic E-state index is 0.0214. The Morgan fingerprint density at radius 3 is 2.48 bits per heavy atom. The highest BCUT2D eigenvalue weighted by atomic mass is 16.2. The van der Waals surface area contributed by atoms with Gasteiger partial charge >= 0.3 is 0 Å². The first-order valence-corrected chi connectivity index (χ1v) is 9.60. The zero-order valence-electron chi connectivity index (χ0n) is 15.7. The predicted octanol–water partition coefficient (Wildman–Crippen LogP) is 3.80. The molecular formula is C22H25N3O2. The normalized spacial score (nSPS) is 18.6. The third-order valence-electron chi connectivity index (χ3n) is 4.98. The van der Waals surface area contributed by atoms with Crippen molar-refractivity contribution < 1.29 is 9.59 Å². The van der Waals surface area contributed by atoms with Crippen molar-refractivity contribution in [3.63, 3.8) is 0 Å². The van der Waals surface area contributed by atoms with Gasteiger partial charge in [0, 0.05) is 35.0 Å². The second-order valence-electron chi connectivity index (χ2n) is 7.81. The van der Waals surface area contributed by atoms with Crippen LogP contribution in [0.3, 0.4) is 0 Å². The first-order valence-electron chi connectivity index (χ1n) is 9.60. The highest BCUT2D eigenvalue weighted by molar-refractivity contribution is 5.99. The fourth-order valence-corrected chi connectivity index (χ4v) is 3.48. The smallest absolute Gasteiger partial charge is 0.256 e. The Morgan fingerprint density at radius 1 is 1.11 bits per heavy atom. The van der Waals surface area contributed by atoms with E-state index < -0.39 is 0 Å². The number of carbonyl (C=O) groups excluding carboxylic acids is 2. The quantitative estimate of drug-likeness (QED) is 0.821. The van der Waals surface area contributed by atoms with Crippen LogP contribution in [0, 0.1) is 5.92 Å². The maximum atomic E-state index is 12.8. The van der Waals surface area contributed by atoms with Crippen molar-refractivity contribution in [2.45, 2.75) is 38.9 Å². The Kier molecular flexibility index (Phi) is 4.60. The van der Waals surface area contributed by atoms with Gasteiger partial charge in [-0.3, -0.25) is 9.59 Å². The molecule has 0 spiro atoms. The molecule has 140 valence electrons. The SMILES string of the molecule is CC(C)CN1C(=O)c2ccccc2[C@H]1Nc1ccc(C(=O)NC2CC2)cc1. The predicted molar refractivity (Wildman–Crippen MR) is 106 cm³/mol. The van der Waals surface area contributed by atoms with Crippen LogP contribution in [0.5, 0.6) is 0 Å². The topological polar surface area (TPSA) is 61.4 Å². The number of nitrogens with zero attached hydrogens (tertiary/aromatic N) is 1. The van der Waals surface area contributed by atoms with Gasteiger partial charge in [0.1, 0.15) is 6.17 Å². The highest BCUT2D eigenvalue weighted by Crippen LogP contribution is 2.34. The molecule has 2 aromatic rings. The van der Waals surface area contributed by atoms with E-state index in [2.05, 4.69) is 24.5 Å². The van der Waals surface area contributed by atoms with Gasteiger partial charge in [-0.2, -0.15) is 0 Å². The lowest BCUT2D eigenvalue weighted by Crippen LogP contribution is -2.35. The number of hydrogen-bond donors (Lipinski definition) is 2. The van der Waals surface area contributed by atoms with Crippen molar-refractivity contribution in [1.29, 1.82) is 0 Å². The number of nitrogens with one attached hydrogen (secondary N) is 2. The summed E-state index contributed by atoms with van der Waals surface area (Å²) in [5, 5.41) is 6.47. The van der Waals surface area contributed by atoms with Gasteiger partial charge in [0.15, 0.2) is 0 Å². The van der Waals surface area contributed by atoms with Gasteiger partial charge < -0.3 is 15.5 Å². The molecule has 0 bridgehead atoms. The molecule has 2 aromatic carbocycles. The third-order valence-corrected chi connectivity index (χ3v) is 4.98. The molecule has 5 heteroatoms. The van der Waals surface area contributed by atoms with Gasteiger partial charge in [-0.15, -0.1) is 0 Å². The van der Waals surface area contributed by atoms with Crippen LogP contribution in [0.2, 0.25) is 0 Å². The molecule has 0 saturated heterocycles. The maximum absolute atomic E-state index is 12.8. The summed E-state index contributed by atoms with van der Waals surface area (Å²) in [7, 11) is 0. The summed E-state index contributed by atoms with van der Waals surface area (Å²) < 4.78 is 0. The largest absolute Gasteiger partial charge is 0.361 e. The molecule has 1 atom stereocenters. The second kappa shape index (κ2) is 7.06.